The van der Waals surface area contributed by atoms with Crippen LogP contribution in [0.5, 0.6) is 11.6 Å². The van der Waals surface area contributed by atoms with E-state index < -0.39 is 5.82 Å². The number of benzene rings is 1. The first kappa shape index (κ1) is 16.0. The van der Waals surface area contributed by atoms with Crippen molar-refractivity contribution in [1.82, 2.24) is 10.3 Å². The third-order valence-corrected chi connectivity index (χ3v) is 3.62. The summed E-state index contributed by atoms with van der Waals surface area (Å²) in [5.41, 5.74) is 6.99. The lowest BCUT2D eigenvalue weighted by Gasteiger charge is -2.26. The lowest BCUT2D eigenvalue weighted by molar-refractivity contribution is 0.262. The third kappa shape index (κ3) is 3.92. The summed E-state index contributed by atoms with van der Waals surface area (Å²) < 4.78 is 24.2. The molecule has 126 valence electrons. The van der Waals surface area contributed by atoms with Crippen molar-refractivity contribution in [1.29, 1.82) is 0 Å². The van der Waals surface area contributed by atoms with E-state index in [1.165, 1.54) is 18.3 Å². The smallest absolute Gasteiger partial charge is 0.250 e. The van der Waals surface area contributed by atoms with Crippen LogP contribution in [0.25, 0.3) is 0 Å². The number of hydrogen-bond acceptors (Lipinski definition) is 4. The van der Waals surface area contributed by atoms with Crippen molar-refractivity contribution >= 4 is 5.96 Å². The van der Waals surface area contributed by atoms with Gasteiger partial charge in [-0.15, -0.1) is 0 Å². The Kier molecular flexibility index (Phi) is 5.10. The van der Waals surface area contributed by atoms with Gasteiger partial charge in [0.2, 0.25) is 5.88 Å². The molecule has 0 amide bonds. The van der Waals surface area contributed by atoms with E-state index >= 15 is 0 Å². The number of halogens is 1. The first-order valence-electron chi connectivity index (χ1n) is 7.75. The summed E-state index contributed by atoms with van der Waals surface area (Å²) in [4.78, 5) is 8.01. The molecule has 0 saturated carbocycles. The zero-order chi connectivity index (χ0) is 16.8. The molecule has 24 heavy (non-hydrogen) atoms. The molecule has 1 unspecified atom stereocenters. The van der Waals surface area contributed by atoms with E-state index in [-0.39, 0.29) is 18.5 Å². The van der Waals surface area contributed by atoms with Gasteiger partial charge in [-0.1, -0.05) is 18.2 Å². The van der Waals surface area contributed by atoms with Gasteiger partial charge in [0, 0.05) is 18.2 Å². The highest BCUT2D eigenvalue weighted by Crippen LogP contribution is 2.31. The minimum absolute atomic E-state index is 0.0300. The minimum Gasteiger partial charge on any atom is -0.493 e. The predicted octanol–water partition coefficient (Wildman–Crippen LogP) is 2.03. The predicted molar refractivity (Wildman–Crippen MR) is 88.6 cm³/mol. The van der Waals surface area contributed by atoms with Gasteiger partial charge in [0.25, 0.3) is 0 Å². The van der Waals surface area contributed by atoms with Gasteiger partial charge in [-0.3, -0.25) is 0 Å². The zero-order valence-electron chi connectivity index (χ0n) is 13.1. The van der Waals surface area contributed by atoms with Crippen LogP contribution < -0.4 is 20.5 Å². The first-order chi connectivity index (χ1) is 11.7. The highest BCUT2D eigenvalue weighted by molar-refractivity contribution is 5.78. The van der Waals surface area contributed by atoms with Gasteiger partial charge in [0.1, 0.15) is 12.4 Å². The molecule has 3 N–H and O–H groups in total. The number of nitrogens with zero attached hydrogens (tertiary/aromatic N) is 2. The van der Waals surface area contributed by atoms with Crippen molar-refractivity contribution in [3.05, 3.63) is 54.0 Å². The number of aromatic nitrogens is 1. The van der Waals surface area contributed by atoms with Crippen LogP contribution in [0.15, 0.2) is 47.6 Å². The molecule has 0 bridgehead atoms. The Bertz CT molecular complexity index is 723. The summed E-state index contributed by atoms with van der Waals surface area (Å²) >= 11 is 0. The highest BCUT2D eigenvalue weighted by Gasteiger charge is 2.21. The van der Waals surface area contributed by atoms with Gasteiger partial charge < -0.3 is 20.5 Å². The Labute approximate surface area is 139 Å². The first-order valence-corrected chi connectivity index (χ1v) is 7.75. The van der Waals surface area contributed by atoms with Crippen molar-refractivity contribution in [3.63, 3.8) is 0 Å². The van der Waals surface area contributed by atoms with Crippen LogP contribution in [-0.2, 0) is 0 Å². The number of guanidine groups is 1. The van der Waals surface area contributed by atoms with Crippen molar-refractivity contribution in [2.45, 2.75) is 12.5 Å². The lowest BCUT2D eigenvalue weighted by Crippen LogP contribution is -2.37. The minimum atomic E-state index is -0.494. The molecule has 1 aromatic carbocycles. The number of rotatable bonds is 5. The van der Waals surface area contributed by atoms with Gasteiger partial charge >= 0.3 is 0 Å². The number of para-hydroxylation sites is 1. The fourth-order valence-corrected chi connectivity index (χ4v) is 2.50. The van der Waals surface area contributed by atoms with Crippen LogP contribution >= 0.6 is 0 Å². The van der Waals surface area contributed by atoms with E-state index in [1.807, 2.05) is 24.3 Å². The summed E-state index contributed by atoms with van der Waals surface area (Å²) in [6, 6.07) is 10.7. The van der Waals surface area contributed by atoms with Gasteiger partial charge in [-0.05, 0) is 18.2 Å². The van der Waals surface area contributed by atoms with E-state index in [9.17, 15) is 4.39 Å². The topological polar surface area (TPSA) is 81.8 Å². The van der Waals surface area contributed by atoms with Crippen molar-refractivity contribution in [2.24, 2.45) is 10.7 Å². The van der Waals surface area contributed by atoms with Crippen LogP contribution in [0.2, 0.25) is 0 Å². The van der Waals surface area contributed by atoms with Crippen molar-refractivity contribution in [2.75, 3.05) is 19.8 Å². The number of ether oxygens (including phenoxy) is 2. The van der Waals surface area contributed by atoms with Gasteiger partial charge in [-0.2, -0.15) is 0 Å². The van der Waals surface area contributed by atoms with E-state index in [4.69, 9.17) is 15.2 Å². The molecular formula is C17H19FN4O2. The average Bonchev–Trinajstić information content (AvgIpc) is 2.60. The van der Waals surface area contributed by atoms with Crippen LogP contribution in [0.1, 0.15) is 18.0 Å². The van der Waals surface area contributed by atoms with Gasteiger partial charge in [0.15, 0.2) is 11.8 Å². The molecule has 7 heteroatoms. The molecule has 1 aliphatic heterocycles. The number of hydrogen-bond donors (Lipinski definition) is 2. The number of nitrogens with one attached hydrogen (secondary N) is 1. The SMILES string of the molecule is NC(=NCCOc1ncccc1F)NC1CCOc2ccccc21. The summed E-state index contributed by atoms with van der Waals surface area (Å²) in [5, 5.41) is 3.19. The Hall–Kier alpha value is -2.83. The van der Waals surface area contributed by atoms with Crippen molar-refractivity contribution < 1.29 is 13.9 Å². The second-order valence-corrected chi connectivity index (χ2v) is 5.28. The van der Waals surface area contributed by atoms with E-state index in [0.717, 1.165) is 17.7 Å². The largest absolute Gasteiger partial charge is 0.493 e. The van der Waals surface area contributed by atoms with E-state index in [1.54, 1.807) is 0 Å². The average molecular weight is 330 g/mol. The second kappa shape index (κ2) is 7.63. The normalized spacial score (nSPS) is 16.9. The molecule has 1 aliphatic rings. The maximum Gasteiger partial charge on any atom is 0.250 e. The third-order valence-electron chi connectivity index (χ3n) is 3.62. The second-order valence-electron chi connectivity index (χ2n) is 5.28. The molecule has 1 aromatic heterocycles. The molecule has 6 nitrogen and oxygen atoms in total. The molecule has 0 fully saturated rings. The molecule has 0 saturated heterocycles. The zero-order valence-corrected chi connectivity index (χ0v) is 13.1. The van der Waals surface area contributed by atoms with Crippen LogP contribution in [-0.4, -0.2) is 30.7 Å². The van der Waals surface area contributed by atoms with Gasteiger partial charge in [0.05, 0.1) is 19.2 Å². The summed E-state index contributed by atoms with van der Waals surface area (Å²) in [6.07, 6.45) is 2.28. The van der Waals surface area contributed by atoms with Crippen LogP contribution in [0, 0.1) is 5.82 Å². The standard InChI is InChI=1S/C17H19FN4O2/c18-13-5-3-8-20-16(13)24-11-9-21-17(19)22-14-7-10-23-15-6-2-1-4-12(14)15/h1-6,8,14H,7,9-11H2,(H3,19,21,22). The maximum absolute atomic E-state index is 13.4. The lowest BCUT2D eigenvalue weighted by atomic mass is 10.0. The number of pyridine rings is 1. The highest BCUT2D eigenvalue weighted by atomic mass is 19.1. The Balaban J connectivity index is 1.51. The molecule has 0 spiro atoms. The molecule has 0 aliphatic carbocycles. The fourth-order valence-electron chi connectivity index (χ4n) is 2.50. The maximum atomic E-state index is 13.4. The summed E-state index contributed by atoms with van der Waals surface area (Å²) in [7, 11) is 0. The van der Waals surface area contributed by atoms with Crippen LogP contribution in [0.4, 0.5) is 4.39 Å². The summed E-state index contributed by atoms with van der Waals surface area (Å²) in [5.74, 6) is 0.661. The van der Waals surface area contributed by atoms with Crippen molar-refractivity contribution in [3.8, 4) is 11.6 Å². The Morgan fingerprint density at radius 3 is 3.12 bits per heavy atom. The molecule has 1 atom stereocenters. The van der Waals surface area contributed by atoms with Crippen LogP contribution in [0.3, 0.4) is 0 Å². The fraction of sp³-hybridized carbons (Fsp3) is 0.294. The Morgan fingerprint density at radius 2 is 2.25 bits per heavy atom. The Morgan fingerprint density at radius 1 is 1.38 bits per heavy atom. The van der Waals surface area contributed by atoms with Gasteiger partial charge in [-0.25, -0.2) is 14.4 Å². The monoisotopic (exact) mass is 330 g/mol. The molecule has 2 heterocycles. The number of aliphatic imine (C=N–C) groups is 1. The molecule has 2 aromatic rings. The number of fused-ring (bicyclic) bond motifs is 1. The quantitative estimate of drug-likeness (QED) is 0.498. The van der Waals surface area contributed by atoms with E-state index in [2.05, 4.69) is 15.3 Å². The van der Waals surface area contributed by atoms with E-state index in [0.29, 0.717) is 19.1 Å². The molecule has 3 rings (SSSR count). The number of nitrogens with two attached hydrogens (primary N) is 1. The molecule has 0 radical (unpaired) electrons. The summed E-state index contributed by atoms with van der Waals surface area (Å²) in [6.45, 7) is 1.13. The molecular weight excluding hydrogens is 311 g/mol.